The van der Waals surface area contributed by atoms with Gasteiger partial charge in [0, 0.05) is 26.2 Å². The van der Waals surface area contributed by atoms with Crippen molar-refractivity contribution in [2.45, 2.75) is 0 Å². The first-order chi connectivity index (χ1) is 9.62. The number of hydrogen-bond acceptors (Lipinski definition) is 4. The van der Waals surface area contributed by atoms with E-state index in [1.165, 1.54) is 0 Å². The number of benzene rings is 2. The lowest BCUT2D eigenvalue weighted by molar-refractivity contribution is 0.510. The highest BCUT2D eigenvalue weighted by atomic mass is 19.2. The molecule has 0 spiro atoms. The van der Waals surface area contributed by atoms with Crippen LogP contribution in [-0.2, 0) is 0 Å². The molecule has 102 valence electrons. The van der Waals surface area contributed by atoms with Crippen LogP contribution in [0.4, 0.5) is 20.2 Å². The first-order valence-electron chi connectivity index (χ1n) is 6.08. The Morgan fingerprint density at radius 3 is 1.40 bits per heavy atom. The van der Waals surface area contributed by atoms with Crippen LogP contribution < -0.4 is 10.6 Å². The number of nitrogens with zero attached hydrogens (tertiary/aromatic N) is 2. The Bertz CT molecular complexity index is 749. The largest absolute Gasteiger partial charge is 0.386 e. The van der Waals surface area contributed by atoms with Crippen LogP contribution in [0.25, 0.3) is 22.1 Å². The molecule has 3 aromatic rings. The summed E-state index contributed by atoms with van der Waals surface area (Å²) >= 11 is 0. The molecule has 6 heteroatoms. The van der Waals surface area contributed by atoms with Gasteiger partial charge in [0.2, 0.25) is 0 Å². The molecule has 0 unspecified atom stereocenters. The maximum Gasteiger partial charge on any atom is 0.161 e. The van der Waals surface area contributed by atoms with Crippen LogP contribution in [-0.4, -0.2) is 24.1 Å². The van der Waals surface area contributed by atoms with Gasteiger partial charge in [-0.2, -0.15) is 0 Å². The van der Waals surface area contributed by atoms with E-state index in [0.29, 0.717) is 22.1 Å². The fourth-order valence-corrected chi connectivity index (χ4v) is 2.13. The maximum atomic E-state index is 13.2. The second-order valence-corrected chi connectivity index (χ2v) is 4.37. The Balaban J connectivity index is 2.35. The molecule has 3 rings (SSSR count). The predicted molar refractivity (Wildman–Crippen MR) is 76.1 cm³/mol. The Morgan fingerprint density at radius 2 is 1.05 bits per heavy atom. The van der Waals surface area contributed by atoms with E-state index in [4.69, 9.17) is 0 Å². The minimum atomic E-state index is -0.924. The summed E-state index contributed by atoms with van der Waals surface area (Å²) in [6.45, 7) is 0. The number of fused-ring (bicyclic) bond motifs is 2. The van der Waals surface area contributed by atoms with Gasteiger partial charge in [0.1, 0.15) is 0 Å². The molecule has 0 aliphatic carbocycles. The van der Waals surface area contributed by atoms with Crippen LogP contribution >= 0.6 is 0 Å². The van der Waals surface area contributed by atoms with E-state index in [2.05, 4.69) is 20.6 Å². The van der Waals surface area contributed by atoms with Gasteiger partial charge in [0.25, 0.3) is 0 Å². The Hall–Kier alpha value is -2.50. The molecule has 20 heavy (non-hydrogen) atoms. The fraction of sp³-hybridized carbons (Fsp3) is 0.143. The number of rotatable bonds is 2. The molecule has 0 aliphatic rings. The van der Waals surface area contributed by atoms with Gasteiger partial charge < -0.3 is 10.6 Å². The fourth-order valence-electron chi connectivity index (χ4n) is 2.13. The average Bonchev–Trinajstić information content (AvgIpc) is 2.45. The Morgan fingerprint density at radius 1 is 0.700 bits per heavy atom. The van der Waals surface area contributed by atoms with Gasteiger partial charge in [0.05, 0.1) is 33.4 Å². The van der Waals surface area contributed by atoms with Gasteiger partial charge >= 0.3 is 0 Å². The summed E-state index contributed by atoms with van der Waals surface area (Å²) in [6.07, 6.45) is 0. The van der Waals surface area contributed by atoms with Crippen molar-refractivity contribution in [3.05, 3.63) is 35.9 Å². The van der Waals surface area contributed by atoms with Crippen molar-refractivity contribution in [1.82, 2.24) is 9.97 Å². The van der Waals surface area contributed by atoms with Gasteiger partial charge in [-0.3, -0.25) is 0 Å². The van der Waals surface area contributed by atoms with Crippen LogP contribution in [0.5, 0.6) is 0 Å². The van der Waals surface area contributed by atoms with Gasteiger partial charge in [0.15, 0.2) is 11.6 Å². The number of anilines is 2. The Kier molecular flexibility index (Phi) is 2.85. The average molecular weight is 274 g/mol. The molecular weight excluding hydrogens is 262 g/mol. The predicted octanol–water partition coefficient (Wildman–Crippen LogP) is 3.14. The van der Waals surface area contributed by atoms with E-state index in [1.807, 2.05) is 12.1 Å². The molecule has 2 aromatic carbocycles. The summed E-state index contributed by atoms with van der Waals surface area (Å²) in [4.78, 5) is 8.65. The second kappa shape index (κ2) is 4.56. The normalized spacial score (nSPS) is 11.0. The zero-order chi connectivity index (χ0) is 14.3. The molecular formula is C14H12F2N4. The van der Waals surface area contributed by atoms with Crippen molar-refractivity contribution >= 4 is 33.4 Å². The van der Waals surface area contributed by atoms with Crippen molar-refractivity contribution in [3.63, 3.8) is 0 Å². The summed E-state index contributed by atoms with van der Waals surface area (Å²) < 4.78 is 26.5. The summed E-state index contributed by atoms with van der Waals surface area (Å²) in [7, 11) is 3.59. The van der Waals surface area contributed by atoms with Crippen LogP contribution in [0.2, 0.25) is 0 Å². The highest BCUT2D eigenvalue weighted by Crippen LogP contribution is 2.27. The van der Waals surface area contributed by atoms with Crippen LogP contribution in [0, 0.1) is 11.6 Å². The van der Waals surface area contributed by atoms with Crippen LogP contribution in [0.15, 0.2) is 24.3 Å². The summed E-state index contributed by atoms with van der Waals surface area (Å²) in [6, 6.07) is 5.74. The minimum Gasteiger partial charge on any atom is -0.386 e. The van der Waals surface area contributed by atoms with Gasteiger partial charge in [-0.1, -0.05) is 0 Å². The summed E-state index contributed by atoms with van der Waals surface area (Å²) in [5.41, 5.74) is 3.61. The molecule has 1 aromatic heterocycles. The van der Waals surface area contributed by atoms with E-state index in [-0.39, 0.29) is 0 Å². The molecule has 0 fully saturated rings. The monoisotopic (exact) mass is 274 g/mol. The van der Waals surface area contributed by atoms with E-state index in [1.54, 1.807) is 14.1 Å². The quantitative estimate of drug-likeness (QED) is 0.705. The zero-order valence-electron chi connectivity index (χ0n) is 11.0. The Labute approximate surface area is 113 Å². The van der Waals surface area contributed by atoms with Crippen molar-refractivity contribution in [2.24, 2.45) is 0 Å². The van der Waals surface area contributed by atoms with Gasteiger partial charge in [-0.25, -0.2) is 18.7 Å². The minimum absolute atomic E-state index is 0.329. The SMILES string of the molecule is CNc1cc2nc3cc(F)c(F)cc3nc2cc1NC. The van der Waals surface area contributed by atoms with Gasteiger partial charge in [-0.05, 0) is 12.1 Å². The number of nitrogens with one attached hydrogen (secondary N) is 2. The molecule has 1 heterocycles. The lowest BCUT2D eigenvalue weighted by Crippen LogP contribution is -1.98. The lowest BCUT2D eigenvalue weighted by Gasteiger charge is -2.10. The molecule has 0 saturated heterocycles. The van der Waals surface area contributed by atoms with Crippen molar-refractivity contribution in [1.29, 1.82) is 0 Å². The van der Waals surface area contributed by atoms with E-state index >= 15 is 0 Å². The molecule has 0 radical (unpaired) electrons. The number of hydrogen-bond donors (Lipinski definition) is 2. The van der Waals surface area contributed by atoms with Crippen LogP contribution in [0.3, 0.4) is 0 Å². The lowest BCUT2D eigenvalue weighted by atomic mass is 10.2. The third-order valence-electron chi connectivity index (χ3n) is 3.15. The van der Waals surface area contributed by atoms with Crippen molar-refractivity contribution in [3.8, 4) is 0 Å². The third-order valence-corrected chi connectivity index (χ3v) is 3.15. The van der Waals surface area contributed by atoms with Gasteiger partial charge in [-0.15, -0.1) is 0 Å². The molecule has 0 aliphatic heterocycles. The van der Waals surface area contributed by atoms with Crippen molar-refractivity contribution < 1.29 is 8.78 Å². The smallest absolute Gasteiger partial charge is 0.161 e. The zero-order valence-corrected chi connectivity index (χ0v) is 11.0. The third kappa shape index (κ3) is 1.89. The van der Waals surface area contributed by atoms with E-state index in [9.17, 15) is 8.78 Å². The van der Waals surface area contributed by atoms with E-state index in [0.717, 1.165) is 23.5 Å². The number of aromatic nitrogens is 2. The van der Waals surface area contributed by atoms with Crippen molar-refractivity contribution in [2.75, 3.05) is 24.7 Å². The summed E-state index contributed by atoms with van der Waals surface area (Å²) in [5, 5.41) is 6.09. The molecule has 4 nitrogen and oxygen atoms in total. The molecule has 0 atom stereocenters. The molecule has 0 saturated carbocycles. The highest BCUT2D eigenvalue weighted by Gasteiger charge is 2.10. The number of halogens is 2. The first kappa shape index (κ1) is 12.5. The van der Waals surface area contributed by atoms with Crippen LogP contribution in [0.1, 0.15) is 0 Å². The summed E-state index contributed by atoms with van der Waals surface area (Å²) in [5.74, 6) is -1.85. The highest BCUT2D eigenvalue weighted by molar-refractivity contribution is 5.92. The molecule has 2 N–H and O–H groups in total. The van der Waals surface area contributed by atoms with E-state index < -0.39 is 11.6 Å². The molecule has 0 bridgehead atoms. The second-order valence-electron chi connectivity index (χ2n) is 4.37. The first-order valence-corrected chi connectivity index (χ1v) is 6.08. The maximum absolute atomic E-state index is 13.2. The topological polar surface area (TPSA) is 49.8 Å². The molecule has 0 amide bonds. The standard InChI is InChI=1S/C14H12F2N4/c1-17-9-5-13-14(6-10(9)18-2)20-12-4-8(16)7(15)3-11(12)19-13/h3-6,17-18H,1-2H3.